The predicted octanol–water partition coefficient (Wildman–Crippen LogP) is 4.35. The van der Waals surface area contributed by atoms with E-state index < -0.39 is 0 Å². The number of benzene rings is 2. The van der Waals surface area contributed by atoms with Gasteiger partial charge in [-0.2, -0.15) is 0 Å². The van der Waals surface area contributed by atoms with Crippen molar-refractivity contribution >= 4 is 41.7 Å². The maximum atomic E-state index is 10.1. The van der Waals surface area contributed by atoms with Crippen LogP contribution in [0.4, 0.5) is 5.95 Å². The molecule has 2 heterocycles. The second-order valence-corrected chi connectivity index (χ2v) is 6.51. The number of nitrogens with zero attached hydrogens (tertiary/aromatic N) is 2. The molecule has 0 bridgehead atoms. The molecule has 7 heteroatoms. The van der Waals surface area contributed by atoms with Crippen molar-refractivity contribution in [2.45, 2.75) is 20.3 Å². The standard InChI is InChI=1S/C13H15NOS.C8H7N3O/c1-9(8-16)14-10(2)11-3-4-13-12(7-11)5-6-15-13;12-5-9-8-10-6-3-1-2-4-7(6)11-8/h3-4,7-8,16H,5-6H2,1-2H3;1-5H,(H2,9,10,11,12)/b9-8-,14-10?;. The Bertz CT molecular complexity index is 1010. The average molecular weight is 394 g/mol. The zero-order chi connectivity index (χ0) is 19.9. The highest BCUT2D eigenvalue weighted by Gasteiger charge is 2.12. The third kappa shape index (κ3) is 4.80. The molecule has 1 aliphatic rings. The molecular weight excluding hydrogens is 372 g/mol. The molecule has 0 spiro atoms. The number of carbonyl (C=O) groups is 1. The highest BCUT2D eigenvalue weighted by molar-refractivity contribution is 7.83. The van der Waals surface area contributed by atoms with Crippen molar-refractivity contribution in [1.82, 2.24) is 9.97 Å². The van der Waals surface area contributed by atoms with Gasteiger partial charge in [0.1, 0.15) is 5.75 Å². The molecule has 144 valence electrons. The number of fused-ring (bicyclic) bond motifs is 2. The zero-order valence-electron chi connectivity index (χ0n) is 15.8. The van der Waals surface area contributed by atoms with Gasteiger partial charge in [0, 0.05) is 17.8 Å². The third-order valence-electron chi connectivity index (χ3n) is 4.22. The van der Waals surface area contributed by atoms with E-state index in [1.807, 2.05) is 44.2 Å². The van der Waals surface area contributed by atoms with Crippen molar-refractivity contribution in [3.05, 3.63) is 64.7 Å². The molecule has 4 rings (SSSR count). The number of anilines is 1. The number of imidazole rings is 1. The topological polar surface area (TPSA) is 79.4 Å². The van der Waals surface area contributed by atoms with Gasteiger partial charge < -0.3 is 9.72 Å². The summed E-state index contributed by atoms with van der Waals surface area (Å²) in [7, 11) is 0. The molecule has 1 amide bonds. The van der Waals surface area contributed by atoms with E-state index in [4.69, 9.17) is 4.74 Å². The zero-order valence-corrected chi connectivity index (χ0v) is 16.7. The third-order valence-corrected chi connectivity index (χ3v) is 4.60. The Labute approximate surface area is 169 Å². The smallest absolute Gasteiger partial charge is 0.213 e. The Morgan fingerprint density at radius 3 is 2.86 bits per heavy atom. The SMILES string of the molecule is CC(=N/C(C)=C\S)c1ccc2c(c1)CCO2.O=CNc1nc2ccccc2[nH]1. The van der Waals surface area contributed by atoms with Crippen molar-refractivity contribution < 1.29 is 9.53 Å². The Morgan fingerprint density at radius 2 is 2.11 bits per heavy atom. The van der Waals surface area contributed by atoms with E-state index >= 15 is 0 Å². The van der Waals surface area contributed by atoms with E-state index in [1.165, 1.54) is 5.56 Å². The number of rotatable bonds is 4. The second-order valence-electron chi connectivity index (χ2n) is 6.25. The lowest BCUT2D eigenvalue weighted by Crippen LogP contribution is -1.95. The molecule has 1 aromatic heterocycles. The van der Waals surface area contributed by atoms with Crippen LogP contribution in [0.3, 0.4) is 0 Å². The number of hydrogen-bond donors (Lipinski definition) is 3. The van der Waals surface area contributed by atoms with Gasteiger partial charge in [-0.05, 0) is 60.7 Å². The van der Waals surface area contributed by atoms with E-state index in [0.29, 0.717) is 12.4 Å². The number of aliphatic imine (C=N–C) groups is 1. The predicted molar refractivity (Wildman–Crippen MR) is 116 cm³/mol. The number of para-hydroxylation sites is 2. The van der Waals surface area contributed by atoms with Crippen LogP contribution >= 0.6 is 12.6 Å². The first kappa shape index (κ1) is 19.7. The van der Waals surface area contributed by atoms with Crippen molar-refractivity contribution in [3.63, 3.8) is 0 Å². The molecule has 0 unspecified atom stereocenters. The number of thiol groups is 1. The molecule has 0 fully saturated rings. The molecule has 0 saturated heterocycles. The van der Waals surface area contributed by atoms with Crippen LogP contribution in [0, 0.1) is 0 Å². The first-order valence-corrected chi connectivity index (χ1v) is 9.39. The van der Waals surface area contributed by atoms with Crippen molar-refractivity contribution in [1.29, 1.82) is 0 Å². The number of carbonyl (C=O) groups excluding carboxylic acids is 1. The fraction of sp³-hybridized carbons (Fsp3) is 0.190. The number of allylic oxidation sites excluding steroid dienone is 1. The molecule has 6 nitrogen and oxygen atoms in total. The fourth-order valence-corrected chi connectivity index (χ4v) is 2.90. The van der Waals surface area contributed by atoms with E-state index in [-0.39, 0.29) is 0 Å². The lowest BCUT2D eigenvalue weighted by Gasteiger charge is -2.04. The number of ether oxygens (including phenoxy) is 1. The largest absolute Gasteiger partial charge is 0.493 e. The minimum atomic E-state index is 0.478. The minimum Gasteiger partial charge on any atom is -0.493 e. The molecule has 28 heavy (non-hydrogen) atoms. The van der Waals surface area contributed by atoms with Crippen LogP contribution in [-0.4, -0.2) is 28.7 Å². The number of H-pyrrole nitrogens is 1. The van der Waals surface area contributed by atoms with Crippen LogP contribution in [0.25, 0.3) is 11.0 Å². The summed E-state index contributed by atoms with van der Waals surface area (Å²) in [6, 6.07) is 13.8. The first-order valence-electron chi connectivity index (χ1n) is 8.88. The summed E-state index contributed by atoms with van der Waals surface area (Å²) in [5.41, 5.74) is 6.12. The van der Waals surface area contributed by atoms with Gasteiger partial charge in [-0.1, -0.05) is 12.1 Å². The van der Waals surface area contributed by atoms with E-state index in [9.17, 15) is 4.79 Å². The summed E-state index contributed by atoms with van der Waals surface area (Å²) in [5, 5.41) is 4.16. The van der Waals surface area contributed by atoms with Gasteiger partial charge in [-0.25, -0.2) is 4.98 Å². The summed E-state index contributed by atoms with van der Waals surface area (Å²) < 4.78 is 5.47. The summed E-state index contributed by atoms with van der Waals surface area (Å²) in [5.74, 6) is 1.49. The molecule has 2 aromatic carbocycles. The van der Waals surface area contributed by atoms with Crippen molar-refractivity contribution in [2.75, 3.05) is 11.9 Å². The van der Waals surface area contributed by atoms with E-state index in [1.54, 1.807) is 5.41 Å². The van der Waals surface area contributed by atoms with Crippen LogP contribution in [-0.2, 0) is 11.2 Å². The van der Waals surface area contributed by atoms with Gasteiger partial charge in [0.2, 0.25) is 12.4 Å². The maximum absolute atomic E-state index is 10.1. The number of hydrogen-bond acceptors (Lipinski definition) is 5. The Kier molecular flexibility index (Phi) is 6.49. The van der Waals surface area contributed by atoms with Crippen LogP contribution in [0.15, 0.2) is 58.6 Å². The summed E-state index contributed by atoms with van der Waals surface area (Å²) >= 11 is 4.08. The first-order chi connectivity index (χ1) is 13.6. The quantitative estimate of drug-likeness (QED) is 0.350. The monoisotopic (exact) mass is 394 g/mol. The van der Waals surface area contributed by atoms with Gasteiger partial charge in [-0.3, -0.25) is 15.1 Å². The van der Waals surface area contributed by atoms with Crippen LogP contribution < -0.4 is 10.1 Å². The van der Waals surface area contributed by atoms with Crippen molar-refractivity contribution in [2.24, 2.45) is 4.99 Å². The molecular formula is C21H22N4O2S. The molecule has 3 aromatic rings. The molecule has 0 saturated carbocycles. The fourth-order valence-electron chi connectivity index (χ4n) is 2.85. The molecule has 0 radical (unpaired) electrons. The molecule has 0 aliphatic carbocycles. The number of aromatic nitrogens is 2. The number of amides is 1. The number of aromatic amines is 1. The highest BCUT2D eigenvalue weighted by Crippen LogP contribution is 2.26. The lowest BCUT2D eigenvalue weighted by molar-refractivity contribution is -0.105. The second kappa shape index (κ2) is 9.23. The van der Waals surface area contributed by atoms with Gasteiger partial charge in [0.25, 0.3) is 0 Å². The Morgan fingerprint density at radius 1 is 1.29 bits per heavy atom. The van der Waals surface area contributed by atoms with E-state index in [2.05, 4.69) is 45.0 Å². The highest BCUT2D eigenvalue weighted by atomic mass is 32.1. The molecule has 0 atom stereocenters. The summed E-state index contributed by atoms with van der Waals surface area (Å²) in [4.78, 5) is 21.6. The van der Waals surface area contributed by atoms with Gasteiger partial charge >= 0.3 is 0 Å². The van der Waals surface area contributed by atoms with E-state index in [0.717, 1.165) is 46.8 Å². The average Bonchev–Trinajstić information content (AvgIpc) is 3.34. The van der Waals surface area contributed by atoms with Gasteiger partial charge in [-0.15, -0.1) is 12.6 Å². The van der Waals surface area contributed by atoms with Crippen LogP contribution in [0.2, 0.25) is 0 Å². The Hall–Kier alpha value is -3.06. The van der Waals surface area contributed by atoms with Crippen molar-refractivity contribution in [3.8, 4) is 5.75 Å². The van der Waals surface area contributed by atoms with Crippen LogP contribution in [0.1, 0.15) is 25.0 Å². The van der Waals surface area contributed by atoms with Crippen LogP contribution in [0.5, 0.6) is 5.75 Å². The normalized spacial score (nSPS) is 13.4. The van der Waals surface area contributed by atoms with Gasteiger partial charge in [0.05, 0.1) is 17.6 Å². The maximum Gasteiger partial charge on any atom is 0.213 e. The minimum absolute atomic E-state index is 0.478. The molecule has 2 N–H and O–H groups in total. The summed E-state index contributed by atoms with van der Waals surface area (Å²) in [6.45, 7) is 4.75. The summed E-state index contributed by atoms with van der Waals surface area (Å²) in [6.07, 6.45) is 1.59. The van der Waals surface area contributed by atoms with Gasteiger partial charge in [0.15, 0.2) is 0 Å². The Balaban J connectivity index is 0.000000167. The number of nitrogens with one attached hydrogen (secondary N) is 2. The lowest BCUT2D eigenvalue weighted by atomic mass is 10.1. The molecule has 1 aliphatic heterocycles.